The highest BCUT2D eigenvalue weighted by Gasteiger charge is 2.42. The van der Waals surface area contributed by atoms with Crippen LogP contribution in [0.1, 0.15) is 0 Å². The van der Waals surface area contributed by atoms with Crippen molar-refractivity contribution in [1.82, 2.24) is 9.05 Å². The lowest BCUT2D eigenvalue weighted by Crippen LogP contribution is -2.55. The maximum absolute atomic E-state index is 6.74. The Morgan fingerprint density at radius 2 is 1.20 bits per heavy atom. The Bertz CT molecular complexity index is 2610. The van der Waals surface area contributed by atoms with Crippen molar-refractivity contribution in [3.8, 4) is 16.8 Å². The highest BCUT2D eigenvalue weighted by atomic mass is 16.3. The fraction of sp³-hybridized carbons (Fsp3) is 0. The van der Waals surface area contributed by atoms with Crippen LogP contribution in [-0.2, 0) is 0 Å². The first-order chi connectivity index (χ1) is 19.9. The van der Waals surface area contributed by atoms with E-state index >= 15 is 0 Å². The monoisotopic (exact) mass is 506 g/mol. The summed E-state index contributed by atoms with van der Waals surface area (Å²) in [6.07, 6.45) is 0. The first-order valence-corrected chi connectivity index (χ1v) is 13.9. The summed E-state index contributed by atoms with van der Waals surface area (Å²) in [6.45, 7) is 0.0421. The largest absolute Gasteiger partial charge is 0.454 e. The minimum absolute atomic E-state index is 0.0421. The molecule has 182 valence electrons. The van der Waals surface area contributed by atoms with Gasteiger partial charge in [-0.2, -0.15) is 0 Å². The smallest absolute Gasteiger partial charge is 0.333 e. The summed E-state index contributed by atoms with van der Waals surface area (Å²) in [4.78, 5) is 0. The molecule has 2 aliphatic heterocycles. The predicted molar refractivity (Wildman–Crippen MR) is 167 cm³/mol. The number of aromatic nitrogens is 2. The molecule has 0 saturated heterocycles. The van der Waals surface area contributed by atoms with Gasteiger partial charge in [0, 0.05) is 48.9 Å². The third-order valence-corrected chi connectivity index (χ3v) is 9.50. The highest BCUT2D eigenvalue weighted by molar-refractivity contribution is 6.90. The van der Waals surface area contributed by atoms with Crippen molar-refractivity contribution in [3.63, 3.8) is 0 Å². The predicted octanol–water partition coefficient (Wildman–Crippen LogP) is 7.74. The molecule has 0 radical (unpaired) electrons. The second-order valence-electron chi connectivity index (χ2n) is 11.2. The molecule has 0 amide bonds. The average molecular weight is 506 g/mol. The van der Waals surface area contributed by atoms with E-state index < -0.39 is 0 Å². The quantitative estimate of drug-likeness (QED) is 0.193. The molecule has 0 spiro atoms. The first-order valence-electron chi connectivity index (χ1n) is 13.9. The molecule has 0 fully saturated rings. The van der Waals surface area contributed by atoms with Gasteiger partial charge in [0.2, 0.25) is 0 Å². The van der Waals surface area contributed by atoms with Crippen LogP contribution in [-0.4, -0.2) is 15.9 Å². The summed E-state index contributed by atoms with van der Waals surface area (Å²) in [7, 11) is 0. The summed E-state index contributed by atoms with van der Waals surface area (Å²) in [5.41, 5.74) is 13.5. The molecule has 6 aromatic carbocycles. The third-order valence-electron chi connectivity index (χ3n) is 9.50. The molecule has 0 bridgehead atoms. The Labute approximate surface area is 228 Å². The second kappa shape index (κ2) is 6.49. The number of nitrogens with zero attached hydrogens (tertiary/aromatic N) is 2. The van der Waals surface area contributed by atoms with Crippen molar-refractivity contribution in [3.05, 3.63) is 115 Å². The van der Waals surface area contributed by atoms with Crippen LogP contribution in [0.5, 0.6) is 0 Å². The lowest BCUT2D eigenvalue weighted by molar-refractivity contribution is 0.666. The van der Waals surface area contributed by atoms with Gasteiger partial charge in [-0.25, -0.2) is 0 Å². The molecule has 2 aliphatic rings. The van der Waals surface area contributed by atoms with Crippen molar-refractivity contribution in [1.29, 1.82) is 0 Å². The lowest BCUT2D eigenvalue weighted by atomic mass is 9.45. The van der Waals surface area contributed by atoms with Crippen molar-refractivity contribution in [2.45, 2.75) is 0 Å². The van der Waals surface area contributed by atoms with Gasteiger partial charge in [-0.15, -0.1) is 0 Å². The van der Waals surface area contributed by atoms with E-state index in [0.717, 1.165) is 16.6 Å². The Hall–Kier alpha value is -5.22. The van der Waals surface area contributed by atoms with E-state index in [1.54, 1.807) is 0 Å². The van der Waals surface area contributed by atoms with Gasteiger partial charge in [0.1, 0.15) is 5.58 Å². The normalized spacial score (nSPS) is 13.4. The Balaban J connectivity index is 1.46. The SMILES string of the molecule is c1ccc2c(c1)oc1c3c(ccc12)B1c2c(ccc4c5ccccc5n-3c24)-c2cccc3c4ccccc4n1c23. The summed E-state index contributed by atoms with van der Waals surface area (Å²) in [5, 5.41) is 7.53. The second-order valence-corrected chi connectivity index (χ2v) is 11.2. The van der Waals surface area contributed by atoms with Gasteiger partial charge in [0.15, 0.2) is 5.58 Å². The molecule has 0 saturated carbocycles. The van der Waals surface area contributed by atoms with Crippen molar-refractivity contribution < 1.29 is 4.42 Å². The molecule has 0 aliphatic carbocycles. The van der Waals surface area contributed by atoms with Crippen LogP contribution < -0.4 is 10.9 Å². The van der Waals surface area contributed by atoms with E-state index in [1.807, 2.05) is 0 Å². The van der Waals surface area contributed by atoms with Crippen LogP contribution in [0.2, 0.25) is 0 Å². The van der Waals surface area contributed by atoms with E-state index in [0.29, 0.717) is 0 Å². The van der Waals surface area contributed by atoms with Crippen LogP contribution in [0.25, 0.3) is 82.4 Å². The number of furan rings is 1. The topological polar surface area (TPSA) is 23.0 Å². The van der Waals surface area contributed by atoms with Crippen LogP contribution >= 0.6 is 0 Å². The molecule has 3 nitrogen and oxygen atoms in total. The minimum Gasteiger partial charge on any atom is -0.454 e. The number of hydrogen-bond donors (Lipinski definition) is 0. The number of rotatable bonds is 0. The van der Waals surface area contributed by atoms with Crippen molar-refractivity contribution in [2.24, 2.45) is 0 Å². The summed E-state index contributed by atoms with van der Waals surface area (Å²) >= 11 is 0. The molecule has 0 unspecified atom stereocenters. The Morgan fingerprint density at radius 1 is 0.500 bits per heavy atom. The molecular formula is C36H19BN2O. The molecule has 3 aromatic heterocycles. The summed E-state index contributed by atoms with van der Waals surface area (Å²) in [6, 6.07) is 42.3. The average Bonchev–Trinajstić information content (AvgIpc) is 3.67. The molecule has 11 rings (SSSR count). The van der Waals surface area contributed by atoms with Gasteiger partial charge in [0.25, 0.3) is 0 Å². The Morgan fingerprint density at radius 3 is 2.10 bits per heavy atom. The van der Waals surface area contributed by atoms with E-state index in [-0.39, 0.29) is 6.85 Å². The van der Waals surface area contributed by atoms with Gasteiger partial charge in [-0.1, -0.05) is 97.1 Å². The zero-order valence-electron chi connectivity index (χ0n) is 21.3. The van der Waals surface area contributed by atoms with Gasteiger partial charge in [-0.05, 0) is 34.7 Å². The molecule has 4 heteroatoms. The number of para-hydroxylation sites is 4. The molecule has 5 heterocycles. The maximum Gasteiger partial charge on any atom is 0.333 e. The lowest BCUT2D eigenvalue weighted by Gasteiger charge is -2.33. The van der Waals surface area contributed by atoms with Crippen molar-refractivity contribution in [2.75, 3.05) is 0 Å². The van der Waals surface area contributed by atoms with E-state index in [9.17, 15) is 0 Å². The molecule has 9 aromatic rings. The number of fused-ring (bicyclic) bond motifs is 15. The zero-order chi connectivity index (χ0) is 25.7. The maximum atomic E-state index is 6.74. The van der Waals surface area contributed by atoms with Gasteiger partial charge < -0.3 is 13.5 Å². The van der Waals surface area contributed by atoms with Gasteiger partial charge in [-0.3, -0.25) is 0 Å². The van der Waals surface area contributed by atoms with Gasteiger partial charge in [0.05, 0.1) is 16.7 Å². The number of hydrogen-bond acceptors (Lipinski definition) is 1. The van der Waals surface area contributed by atoms with Crippen LogP contribution in [0.4, 0.5) is 0 Å². The molecule has 40 heavy (non-hydrogen) atoms. The summed E-state index contributed by atoms with van der Waals surface area (Å²) < 4.78 is 11.8. The summed E-state index contributed by atoms with van der Waals surface area (Å²) in [5.74, 6) is 0. The number of benzene rings is 6. The molecular weight excluding hydrogens is 487 g/mol. The first kappa shape index (κ1) is 19.8. The minimum atomic E-state index is 0.0421. The van der Waals surface area contributed by atoms with Crippen LogP contribution in [0.15, 0.2) is 120 Å². The molecule has 0 atom stereocenters. The van der Waals surface area contributed by atoms with Crippen molar-refractivity contribution >= 4 is 83.3 Å². The fourth-order valence-electron chi connectivity index (χ4n) is 8.03. The zero-order valence-corrected chi connectivity index (χ0v) is 21.3. The Kier molecular flexibility index (Phi) is 3.21. The third kappa shape index (κ3) is 2.03. The van der Waals surface area contributed by atoms with E-state index in [2.05, 4.69) is 124 Å². The van der Waals surface area contributed by atoms with E-state index in [4.69, 9.17) is 4.42 Å². The fourth-order valence-corrected chi connectivity index (χ4v) is 8.03. The molecule has 0 N–H and O–H groups in total. The highest BCUT2D eigenvalue weighted by Crippen LogP contribution is 2.45. The van der Waals surface area contributed by atoms with Crippen LogP contribution in [0, 0.1) is 0 Å². The van der Waals surface area contributed by atoms with E-state index in [1.165, 1.54) is 76.7 Å². The van der Waals surface area contributed by atoms with Gasteiger partial charge >= 0.3 is 6.85 Å². The van der Waals surface area contributed by atoms with Crippen LogP contribution in [0.3, 0.4) is 0 Å². The standard InChI is InChI=1S/C36H19BN2O/c1-4-13-29-20(8-1)26-17-16-23-25-12-7-11-24-21-9-2-5-14-30(21)39(33(24)25)37-28-19-18-27-22-10-3-6-15-31(22)40-36(27)35(28)38(29)34(26)32(23)37/h1-19H.